The van der Waals surface area contributed by atoms with E-state index in [1.165, 1.54) is 0 Å². The second-order valence-corrected chi connectivity index (χ2v) is 3.69. The van der Waals surface area contributed by atoms with E-state index in [0.717, 1.165) is 12.8 Å². The first-order chi connectivity index (χ1) is 8.34. The van der Waals surface area contributed by atoms with Crippen LogP contribution in [0, 0.1) is 0 Å². The molecule has 0 aliphatic heterocycles. The van der Waals surface area contributed by atoms with Crippen LogP contribution in [0.15, 0.2) is 43.0 Å². The van der Waals surface area contributed by atoms with Gasteiger partial charge in [0.1, 0.15) is 0 Å². The molecule has 1 amide bonds. The highest BCUT2D eigenvalue weighted by molar-refractivity contribution is 5.94. The molecule has 0 aliphatic carbocycles. The Morgan fingerprint density at radius 3 is 2.76 bits per heavy atom. The van der Waals surface area contributed by atoms with Gasteiger partial charge < -0.3 is 10.1 Å². The molecule has 0 aliphatic rings. The third kappa shape index (κ3) is 5.88. The SMILES string of the molecule is C=CCOCCCCNC(=O)c1ccccc1. The smallest absolute Gasteiger partial charge is 0.251 e. The van der Waals surface area contributed by atoms with Crippen LogP contribution in [0.1, 0.15) is 23.2 Å². The van der Waals surface area contributed by atoms with Crippen LogP contribution in [0.4, 0.5) is 0 Å². The zero-order chi connectivity index (χ0) is 12.3. The zero-order valence-electron chi connectivity index (χ0n) is 10.0. The maximum atomic E-state index is 11.6. The van der Waals surface area contributed by atoms with Crippen LogP contribution < -0.4 is 5.32 Å². The third-order valence-electron chi connectivity index (χ3n) is 2.27. The lowest BCUT2D eigenvalue weighted by molar-refractivity contribution is 0.0950. The maximum Gasteiger partial charge on any atom is 0.251 e. The first-order valence-electron chi connectivity index (χ1n) is 5.86. The maximum absolute atomic E-state index is 11.6. The molecule has 3 heteroatoms. The summed E-state index contributed by atoms with van der Waals surface area (Å²) in [6.45, 7) is 5.56. The van der Waals surface area contributed by atoms with Crippen molar-refractivity contribution >= 4 is 5.91 Å². The van der Waals surface area contributed by atoms with E-state index in [1.807, 2.05) is 30.3 Å². The standard InChI is InChI=1S/C14H19NO2/c1-2-11-17-12-7-6-10-15-14(16)13-8-4-3-5-9-13/h2-5,8-9H,1,6-7,10-12H2,(H,15,16). The second kappa shape index (κ2) is 8.53. The normalized spacial score (nSPS) is 9.88. The summed E-state index contributed by atoms with van der Waals surface area (Å²) in [5.41, 5.74) is 0.704. The molecule has 0 saturated carbocycles. The number of benzene rings is 1. The number of nitrogens with one attached hydrogen (secondary N) is 1. The minimum atomic E-state index is -0.0161. The van der Waals surface area contributed by atoms with Gasteiger partial charge in [-0.15, -0.1) is 6.58 Å². The predicted octanol–water partition coefficient (Wildman–Crippen LogP) is 2.40. The highest BCUT2D eigenvalue weighted by atomic mass is 16.5. The van der Waals surface area contributed by atoms with Gasteiger partial charge in [-0.2, -0.15) is 0 Å². The summed E-state index contributed by atoms with van der Waals surface area (Å²) in [6, 6.07) is 9.23. The van der Waals surface area contributed by atoms with Gasteiger partial charge in [0.15, 0.2) is 0 Å². The molecule has 17 heavy (non-hydrogen) atoms. The molecule has 0 atom stereocenters. The van der Waals surface area contributed by atoms with Crippen LogP contribution in [0.25, 0.3) is 0 Å². The van der Waals surface area contributed by atoms with Crippen LogP contribution in [-0.4, -0.2) is 25.7 Å². The highest BCUT2D eigenvalue weighted by Gasteiger charge is 2.02. The Balaban J connectivity index is 2.07. The molecule has 3 nitrogen and oxygen atoms in total. The van der Waals surface area contributed by atoms with Crippen molar-refractivity contribution in [2.45, 2.75) is 12.8 Å². The first-order valence-corrected chi connectivity index (χ1v) is 5.86. The van der Waals surface area contributed by atoms with Crippen molar-refractivity contribution < 1.29 is 9.53 Å². The molecule has 1 N–H and O–H groups in total. The topological polar surface area (TPSA) is 38.3 Å². The van der Waals surface area contributed by atoms with E-state index in [1.54, 1.807) is 6.08 Å². The lowest BCUT2D eigenvalue weighted by atomic mass is 10.2. The minimum absolute atomic E-state index is 0.0161. The number of carbonyl (C=O) groups is 1. The largest absolute Gasteiger partial charge is 0.377 e. The molecule has 0 bridgehead atoms. The molecular weight excluding hydrogens is 214 g/mol. The van der Waals surface area contributed by atoms with E-state index >= 15 is 0 Å². The molecule has 0 unspecified atom stereocenters. The van der Waals surface area contributed by atoms with Crippen LogP contribution in [0.5, 0.6) is 0 Å². The van der Waals surface area contributed by atoms with Crippen LogP contribution in [0.3, 0.4) is 0 Å². The molecule has 1 aromatic rings. The number of unbranched alkanes of at least 4 members (excludes halogenated alkanes) is 1. The predicted molar refractivity (Wildman–Crippen MR) is 69.0 cm³/mol. The fraction of sp³-hybridized carbons (Fsp3) is 0.357. The molecule has 0 spiro atoms. The fourth-order valence-electron chi connectivity index (χ4n) is 1.39. The van der Waals surface area contributed by atoms with Gasteiger partial charge in [-0.05, 0) is 25.0 Å². The molecule has 0 heterocycles. The summed E-state index contributed by atoms with van der Waals surface area (Å²) in [7, 11) is 0. The van der Waals surface area contributed by atoms with E-state index in [-0.39, 0.29) is 5.91 Å². The number of carbonyl (C=O) groups excluding carboxylic acids is 1. The van der Waals surface area contributed by atoms with E-state index in [2.05, 4.69) is 11.9 Å². The fourth-order valence-corrected chi connectivity index (χ4v) is 1.39. The molecule has 92 valence electrons. The molecule has 1 aromatic carbocycles. The molecule has 1 rings (SSSR count). The third-order valence-corrected chi connectivity index (χ3v) is 2.27. The average Bonchev–Trinajstić information content (AvgIpc) is 2.38. The van der Waals surface area contributed by atoms with Gasteiger partial charge in [0, 0.05) is 18.7 Å². The Hall–Kier alpha value is -1.61. The Morgan fingerprint density at radius 1 is 1.29 bits per heavy atom. The van der Waals surface area contributed by atoms with E-state index in [9.17, 15) is 4.79 Å². The number of amides is 1. The van der Waals surface area contributed by atoms with Gasteiger partial charge in [-0.1, -0.05) is 24.3 Å². The summed E-state index contributed by atoms with van der Waals surface area (Å²) in [5.74, 6) is -0.0161. The zero-order valence-corrected chi connectivity index (χ0v) is 10.0. The summed E-state index contributed by atoms with van der Waals surface area (Å²) in [6.07, 6.45) is 3.61. The summed E-state index contributed by atoms with van der Waals surface area (Å²) in [4.78, 5) is 11.6. The molecular formula is C14H19NO2. The quantitative estimate of drug-likeness (QED) is 0.553. The molecule has 0 fully saturated rings. The Kier molecular flexibility index (Phi) is 6.75. The van der Waals surface area contributed by atoms with Crippen molar-refractivity contribution in [3.8, 4) is 0 Å². The molecule has 0 aromatic heterocycles. The summed E-state index contributed by atoms with van der Waals surface area (Å²) >= 11 is 0. The van der Waals surface area contributed by atoms with Crippen molar-refractivity contribution in [2.75, 3.05) is 19.8 Å². The van der Waals surface area contributed by atoms with Gasteiger partial charge in [0.25, 0.3) is 5.91 Å². The van der Waals surface area contributed by atoms with E-state index in [4.69, 9.17) is 4.74 Å². The minimum Gasteiger partial charge on any atom is -0.377 e. The van der Waals surface area contributed by atoms with E-state index < -0.39 is 0 Å². The van der Waals surface area contributed by atoms with Gasteiger partial charge in [-0.3, -0.25) is 4.79 Å². The van der Waals surface area contributed by atoms with Gasteiger partial charge >= 0.3 is 0 Å². The van der Waals surface area contributed by atoms with Crippen LogP contribution in [-0.2, 0) is 4.74 Å². The van der Waals surface area contributed by atoms with Gasteiger partial charge in [0.05, 0.1) is 6.61 Å². The summed E-state index contributed by atoms with van der Waals surface area (Å²) in [5, 5.41) is 2.88. The molecule has 0 saturated heterocycles. The second-order valence-electron chi connectivity index (χ2n) is 3.69. The lowest BCUT2D eigenvalue weighted by Crippen LogP contribution is -2.24. The Labute approximate surface area is 102 Å². The number of ether oxygens (including phenoxy) is 1. The lowest BCUT2D eigenvalue weighted by Gasteiger charge is -2.05. The van der Waals surface area contributed by atoms with Gasteiger partial charge in [-0.25, -0.2) is 0 Å². The highest BCUT2D eigenvalue weighted by Crippen LogP contribution is 1.98. The number of hydrogen-bond donors (Lipinski definition) is 1. The first kappa shape index (κ1) is 13.5. The van der Waals surface area contributed by atoms with Gasteiger partial charge in [0.2, 0.25) is 0 Å². The van der Waals surface area contributed by atoms with Crippen molar-refractivity contribution in [1.82, 2.24) is 5.32 Å². The Bertz CT molecular complexity index is 335. The van der Waals surface area contributed by atoms with Crippen LogP contribution >= 0.6 is 0 Å². The van der Waals surface area contributed by atoms with E-state index in [0.29, 0.717) is 25.3 Å². The molecule has 0 radical (unpaired) electrons. The van der Waals surface area contributed by atoms with Crippen molar-refractivity contribution in [3.05, 3.63) is 48.6 Å². The monoisotopic (exact) mass is 233 g/mol. The number of rotatable bonds is 8. The summed E-state index contributed by atoms with van der Waals surface area (Å²) < 4.78 is 5.24. The van der Waals surface area contributed by atoms with Crippen molar-refractivity contribution in [3.63, 3.8) is 0 Å². The Morgan fingerprint density at radius 2 is 2.06 bits per heavy atom. The average molecular weight is 233 g/mol. The van der Waals surface area contributed by atoms with Crippen LogP contribution in [0.2, 0.25) is 0 Å². The number of hydrogen-bond acceptors (Lipinski definition) is 2. The van der Waals surface area contributed by atoms with Crippen molar-refractivity contribution in [1.29, 1.82) is 0 Å². The van der Waals surface area contributed by atoms with Crippen molar-refractivity contribution in [2.24, 2.45) is 0 Å².